The first-order valence-corrected chi connectivity index (χ1v) is 7.30. The predicted molar refractivity (Wildman–Crippen MR) is 73.9 cm³/mol. The molecule has 0 aromatic carbocycles. The lowest BCUT2D eigenvalue weighted by Crippen LogP contribution is -2.54. The van der Waals surface area contributed by atoms with Gasteiger partial charge in [-0.15, -0.1) is 0 Å². The standard InChI is InChI=1S/C14H26N2O3/c1-3-6-11(12(17)18)16-13(19)14(7-4-2)8-5-9-15-10-14/h11,15H,3-10H2,1-2H3,(H,16,19)(H,17,18). The highest BCUT2D eigenvalue weighted by molar-refractivity contribution is 5.87. The molecule has 0 saturated carbocycles. The molecule has 5 nitrogen and oxygen atoms in total. The summed E-state index contributed by atoms with van der Waals surface area (Å²) in [5.74, 6) is -1.03. The molecule has 5 heteroatoms. The maximum absolute atomic E-state index is 12.5. The average molecular weight is 270 g/mol. The van der Waals surface area contributed by atoms with Gasteiger partial charge in [0.15, 0.2) is 0 Å². The molecule has 0 aromatic heterocycles. The third kappa shape index (κ3) is 4.20. The summed E-state index contributed by atoms with van der Waals surface area (Å²) < 4.78 is 0. The van der Waals surface area contributed by atoms with Crippen molar-refractivity contribution in [1.82, 2.24) is 10.6 Å². The number of carbonyl (C=O) groups excluding carboxylic acids is 1. The van der Waals surface area contributed by atoms with E-state index >= 15 is 0 Å². The first-order valence-electron chi connectivity index (χ1n) is 7.30. The Morgan fingerprint density at radius 2 is 2.11 bits per heavy atom. The zero-order valence-corrected chi connectivity index (χ0v) is 12.0. The number of carboxylic acid groups (broad SMARTS) is 1. The molecule has 110 valence electrons. The van der Waals surface area contributed by atoms with Crippen LogP contribution in [0.3, 0.4) is 0 Å². The van der Waals surface area contributed by atoms with Crippen molar-refractivity contribution in [1.29, 1.82) is 0 Å². The number of nitrogens with one attached hydrogen (secondary N) is 2. The number of aliphatic carboxylic acids is 1. The normalized spacial score (nSPS) is 24.7. The molecule has 1 aliphatic rings. The summed E-state index contributed by atoms with van der Waals surface area (Å²) in [6, 6.07) is -0.756. The van der Waals surface area contributed by atoms with Gasteiger partial charge in [0.2, 0.25) is 5.91 Å². The second kappa shape index (κ2) is 7.48. The molecule has 1 rings (SSSR count). The van der Waals surface area contributed by atoms with Crippen LogP contribution in [0.15, 0.2) is 0 Å². The van der Waals surface area contributed by atoms with Crippen LogP contribution in [0.25, 0.3) is 0 Å². The highest BCUT2D eigenvalue weighted by Gasteiger charge is 2.40. The molecule has 0 bridgehead atoms. The molecule has 0 radical (unpaired) electrons. The molecule has 19 heavy (non-hydrogen) atoms. The lowest BCUT2D eigenvalue weighted by atomic mass is 9.76. The van der Waals surface area contributed by atoms with E-state index in [-0.39, 0.29) is 5.91 Å². The van der Waals surface area contributed by atoms with Crippen molar-refractivity contribution >= 4 is 11.9 Å². The predicted octanol–water partition coefficient (Wildman–Crippen LogP) is 1.53. The van der Waals surface area contributed by atoms with Gasteiger partial charge in [-0.3, -0.25) is 4.79 Å². The van der Waals surface area contributed by atoms with Crippen molar-refractivity contribution < 1.29 is 14.7 Å². The number of carboxylic acids is 1. The van der Waals surface area contributed by atoms with Crippen LogP contribution in [0.2, 0.25) is 0 Å². The Hall–Kier alpha value is -1.10. The molecule has 0 aromatic rings. The van der Waals surface area contributed by atoms with E-state index in [1.54, 1.807) is 0 Å². The lowest BCUT2D eigenvalue weighted by Gasteiger charge is -2.37. The number of hydrogen-bond acceptors (Lipinski definition) is 3. The number of piperidine rings is 1. The van der Waals surface area contributed by atoms with Crippen LogP contribution >= 0.6 is 0 Å². The number of hydrogen-bond donors (Lipinski definition) is 3. The van der Waals surface area contributed by atoms with Crippen molar-refractivity contribution in [3.8, 4) is 0 Å². The van der Waals surface area contributed by atoms with Gasteiger partial charge in [-0.1, -0.05) is 26.7 Å². The molecule has 2 unspecified atom stereocenters. The summed E-state index contributed by atoms with van der Waals surface area (Å²) in [6.45, 7) is 5.58. The van der Waals surface area contributed by atoms with Crippen molar-refractivity contribution in [3.05, 3.63) is 0 Å². The molecule has 0 aliphatic carbocycles. The number of rotatable bonds is 7. The van der Waals surface area contributed by atoms with E-state index in [1.165, 1.54) is 0 Å². The van der Waals surface area contributed by atoms with Crippen LogP contribution in [-0.4, -0.2) is 36.1 Å². The smallest absolute Gasteiger partial charge is 0.326 e. The van der Waals surface area contributed by atoms with E-state index in [1.807, 2.05) is 6.92 Å². The number of amides is 1. The van der Waals surface area contributed by atoms with Crippen LogP contribution in [-0.2, 0) is 9.59 Å². The van der Waals surface area contributed by atoms with Gasteiger partial charge in [-0.05, 0) is 32.2 Å². The second-order valence-corrected chi connectivity index (χ2v) is 5.46. The van der Waals surface area contributed by atoms with Gasteiger partial charge < -0.3 is 15.7 Å². The fourth-order valence-corrected chi connectivity index (χ4v) is 2.82. The minimum absolute atomic E-state index is 0.0950. The third-order valence-corrected chi connectivity index (χ3v) is 3.86. The Morgan fingerprint density at radius 3 is 2.58 bits per heavy atom. The van der Waals surface area contributed by atoms with Crippen LogP contribution < -0.4 is 10.6 Å². The summed E-state index contributed by atoms with van der Waals surface area (Å²) in [5, 5.41) is 15.1. The lowest BCUT2D eigenvalue weighted by molar-refractivity contribution is -0.144. The van der Waals surface area contributed by atoms with Crippen molar-refractivity contribution in [2.24, 2.45) is 5.41 Å². The van der Waals surface area contributed by atoms with Gasteiger partial charge >= 0.3 is 5.97 Å². The summed E-state index contributed by atoms with van der Waals surface area (Å²) in [6.07, 6.45) is 4.79. The third-order valence-electron chi connectivity index (χ3n) is 3.86. The highest BCUT2D eigenvalue weighted by Crippen LogP contribution is 2.32. The Bertz CT molecular complexity index is 306. The van der Waals surface area contributed by atoms with Crippen LogP contribution in [0.1, 0.15) is 52.4 Å². The average Bonchev–Trinajstić information content (AvgIpc) is 2.39. The van der Waals surface area contributed by atoms with Crippen molar-refractivity contribution in [2.75, 3.05) is 13.1 Å². The van der Waals surface area contributed by atoms with Gasteiger partial charge in [-0.25, -0.2) is 4.79 Å². The molecular formula is C14H26N2O3. The van der Waals surface area contributed by atoms with E-state index in [4.69, 9.17) is 5.11 Å². The number of carbonyl (C=O) groups is 2. The maximum Gasteiger partial charge on any atom is 0.326 e. The molecule has 1 heterocycles. The van der Waals surface area contributed by atoms with Crippen molar-refractivity contribution in [2.45, 2.75) is 58.4 Å². The van der Waals surface area contributed by atoms with Crippen LogP contribution in [0.5, 0.6) is 0 Å². The fourth-order valence-electron chi connectivity index (χ4n) is 2.82. The minimum atomic E-state index is -0.939. The van der Waals surface area contributed by atoms with E-state index in [9.17, 15) is 9.59 Å². The molecule has 1 amide bonds. The Labute approximate surface area is 115 Å². The van der Waals surface area contributed by atoms with Crippen molar-refractivity contribution in [3.63, 3.8) is 0 Å². The monoisotopic (exact) mass is 270 g/mol. The zero-order valence-electron chi connectivity index (χ0n) is 12.0. The Balaban J connectivity index is 2.73. The van der Waals surface area contributed by atoms with E-state index < -0.39 is 17.4 Å². The summed E-state index contributed by atoms with van der Waals surface area (Å²) in [4.78, 5) is 23.6. The quantitative estimate of drug-likeness (QED) is 0.655. The Kier molecular flexibility index (Phi) is 6.28. The van der Waals surface area contributed by atoms with Gasteiger partial charge in [0, 0.05) is 6.54 Å². The first kappa shape index (κ1) is 16.0. The SMILES string of the molecule is CCCC(NC(=O)C1(CCC)CCCNC1)C(=O)O. The van der Waals surface area contributed by atoms with Gasteiger partial charge in [0.1, 0.15) is 6.04 Å². The molecule has 0 spiro atoms. The molecule has 1 fully saturated rings. The van der Waals surface area contributed by atoms with Crippen LogP contribution in [0.4, 0.5) is 0 Å². The molecule has 3 N–H and O–H groups in total. The fraction of sp³-hybridized carbons (Fsp3) is 0.857. The molecule has 2 atom stereocenters. The highest BCUT2D eigenvalue weighted by atomic mass is 16.4. The summed E-state index contributed by atoms with van der Waals surface area (Å²) in [5.41, 5.74) is -0.422. The maximum atomic E-state index is 12.5. The topological polar surface area (TPSA) is 78.4 Å². The largest absolute Gasteiger partial charge is 0.480 e. The summed E-state index contributed by atoms with van der Waals surface area (Å²) >= 11 is 0. The van der Waals surface area contributed by atoms with Gasteiger partial charge in [0.25, 0.3) is 0 Å². The van der Waals surface area contributed by atoms with Gasteiger partial charge in [-0.2, -0.15) is 0 Å². The van der Waals surface area contributed by atoms with Crippen LogP contribution in [0, 0.1) is 5.41 Å². The molecule has 1 aliphatic heterocycles. The Morgan fingerprint density at radius 1 is 1.37 bits per heavy atom. The minimum Gasteiger partial charge on any atom is -0.480 e. The van der Waals surface area contributed by atoms with E-state index in [0.717, 1.165) is 38.6 Å². The molecule has 1 saturated heterocycles. The summed E-state index contributed by atoms with van der Waals surface area (Å²) in [7, 11) is 0. The molecular weight excluding hydrogens is 244 g/mol. The first-order chi connectivity index (χ1) is 9.05. The zero-order chi connectivity index (χ0) is 14.3. The van der Waals surface area contributed by atoms with E-state index in [2.05, 4.69) is 17.6 Å². The van der Waals surface area contributed by atoms with Gasteiger partial charge in [0.05, 0.1) is 5.41 Å². The van der Waals surface area contributed by atoms with E-state index in [0.29, 0.717) is 13.0 Å². The second-order valence-electron chi connectivity index (χ2n) is 5.46.